The molecule has 31 atom stereocenters. The van der Waals surface area contributed by atoms with Crippen molar-refractivity contribution < 1.29 is 173 Å². The van der Waals surface area contributed by atoms with E-state index in [1.165, 1.54) is 0 Å². The van der Waals surface area contributed by atoms with E-state index in [1.54, 1.807) is 0 Å². The summed E-state index contributed by atoms with van der Waals surface area (Å²) < 4.78 is 81.6. The summed E-state index contributed by atoms with van der Waals surface area (Å²) in [4.78, 5) is 0. The van der Waals surface area contributed by atoms with Gasteiger partial charge in [0.2, 0.25) is 23.7 Å². The Balaban J connectivity index is 1.04. The first-order chi connectivity index (χ1) is 34.4. The minimum Gasteiger partial charge on any atom is -0.394 e. The van der Waals surface area contributed by atoms with Gasteiger partial charge in [0.25, 0.3) is 6.48 Å². The molecule has 73 heavy (non-hydrogen) atoms. The second kappa shape index (κ2) is 22.8. The summed E-state index contributed by atoms with van der Waals surface area (Å²) >= 11 is 0. The number of ether oxygens (including phenoxy) is 15. The number of aliphatic hydroxyl groups excluding tert-OH is 17. The molecule has 0 aromatic rings. The third-order valence-electron chi connectivity index (χ3n) is 13.5. The van der Waals surface area contributed by atoms with E-state index >= 15 is 0 Å². The van der Waals surface area contributed by atoms with Crippen LogP contribution in [0.1, 0.15) is 0 Å². The lowest BCUT2D eigenvalue weighted by molar-refractivity contribution is -0.490. The second-order valence-corrected chi connectivity index (χ2v) is 18.4. The zero-order valence-corrected chi connectivity index (χ0v) is 37.7. The van der Waals surface area contributed by atoms with Gasteiger partial charge < -0.3 is 168 Å². The predicted octanol–water partition coefficient (Wildman–Crippen LogP) is -14.8. The number of hydrogen-bond acceptors (Lipinski definition) is 35. The largest absolute Gasteiger partial charge is 0.394 e. The maximum Gasteiger partial charge on any atom is 0.274 e. The summed E-state index contributed by atoms with van der Waals surface area (Å²) in [5.74, 6) is -9.15. The van der Waals surface area contributed by atoms with E-state index < -0.39 is 236 Å². The fraction of sp³-hybridized carbons (Fsp3) is 1.00. The highest BCUT2D eigenvalue weighted by Crippen LogP contribution is 2.39. The van der Waals surface area contributed by atoms with Gasteiger partial charge in [-0.25, -0.2) is 0 Å². The quantitative estimate of drug-likeness (QED) is 0.124. The van der Waals surface area contributed by atoms with Crippen molar-refractivity contribution in [1.29, 1.82) is 0 Å². The number of rotatable bonds is 4. The zero-order chi connectivity index (χ0) is 53.2. The van der Waals surface area contributed by atoms with Gasteiger partial charge in [0, 0.05) is 0 Å². The molecule has 21 saturated heterocycles. The van der Waals surface area contributed by atoms with E-state index in [0.717, 1.165) is 0 Å². The maximum atomic E-state index is 11.3. The van der Waals surface area contributed by atoms with Gasteiger partial charge in [-0.15, -0.1) is 0 Å². The molecular formula is C38H62O35. The fourth-order valence-electron chi connectivity index (χ4n) is 9.21. The standard InChI is InChI=1S/C38H62O35/c39-1-8-23-12(43)16(47)30(62-8)68-24-10(3-41)64-32(18(49)15(24)46)72-37(57)6-60-29(21(52)27(37)54)71-36(56)5-59-28(20(51)26(36)53)66-22-9(2-40)65-33(19(50)14(22)45)73-38(58)7-61-35(70-34(38)55)69-25-11(4-42)63-31(67-23)17(48)13(25)44/h8-35,39-58H,1-7H2/t8-,9-,10-,11-,12+,13+,14+,15+,16-,17-,18-,19-,20-,21-,22-,23-,24-,25-,26+,27+,28-,29-,30?,31+,32-,33-,34+,35-,36+,37?,38+/m0/s1. The predicted molar refractivity (Wildman–Crippen MR) is 209 cm³/mol. The van der Waals surface area contributed by atoms with Gasteiger partial charge >= 0.3 is 0 Å². The van der Waals surface area contributed by atoms with E-state index in [0.29, 0.717) is 0 Å². The Morgan fingerprint density at radius 1 is 0.301 bits per heavy atom. The summed E-state index contributed by atoms with van der Waals surface area (Å²) in [6.07, 6.45) is -57.2. The van der Waals surface area contributed by atoms with Crippen molar-refractivity contribution in [1.82, 2.24) is 0 Å². The molecule has 21 rings (SSSR count). The maximum absolute atomic E-state index is 11.3. The molecule has 0 spiro atoms. The van der Waals surface area contributed by atoms with Crippen LogP contribution in [0.5, 0.6) is 0 Å². The molecule has 2 unspecified atom stereocenters. The monoisotopic (exact) mass is 1080 g/mol. The topological polar surface area (TPSA) is 543 Å². The van der Waals surface area contributed by atoms with Crippen molar-refractivity contribution in [3.05, 3.63) is 0 Å². The Morgan fingerprint density at radius 2 is 0.616 bits per heavy atom. The van der Waals surface area contributed by atoms with Crippen LogP contribution in [0.3, 0.4) is 0 Å². The molecule has 21 heterocycles. The van der Waals surface area contributed by atoms with Gasteiger partial charge in [-0.1, -0.05) is 0 Å². The Morgan fingerprint density at radius 3 is 1.03 bits per heavy atom. The molecule has 0 aromatic heterocycles. The molecule has 35 heteroatoms. The molecular weight excluding hydrogens is 1020 g/mol. The summed E-state index contributed by atoms with van der Waals surface area (Å²) in [7, 11) is 0. The van der Waals surface area contributed by atoms with Gasteiger partial charge in [0.05, 0.1) is 26.4 Å². The summed E-state index contributed by atoms with van der Waals surface area (Å²) in [5.41, 5.74) is 0. The minimum atomic E-state index is -3.09. The van der Waals surface area contributed by atoms with Crippen LogP contribution in [0.4, 0.5) is 0 Å². The van der Waals surface area contributed by atoms with Crippen LogP contribution >= 0.6 is 0 Å². The van der Waals surface area contributed by atoms with Crippen LogP contribution in [0.2, 0.25) is 0 Å². The fourth-order valence-corrected chi connectivity index (χ4v) is 9.21. The van der Waals surface area contributed by atoms with Crippen molar-refractivity contribution in [2.24, 2.45) is 0 Å². The number of hydrogen-bond donors (Lipinski definition) is 20. The third kappa shape index (κ3) is 11.0. The van der Waals surface area contributed by atoms with E-state index in [1.807, 2.05) is 0 Å². The van der Waals surface area contributed by atoms with Crippen LogP contribution in [0, 0.1) is 0 Å². The molecule has 424 valence electrons. The summed E-state index contributed by atoms with van der Waals surface area (Å²) in [6, 6.07) is 0. The molecule has 35 nitrogen and oxygen atoms in total. The van der Waals surface area contributed by atoms with E-state index in [4.69, 9.17) is 71.1 Å². The lowest BCUT2D eigenvalue weighted by Crippen LogP contribution is -2.70. The molecule has 14 bridgehead atoms. The van der Waals surface area contributed by atoms with Crippen molar-refractivity contribution in [3.8, 4) is 0 Å². The smallest absolute Gasteiger partial charge is 0.274 e. The van der Waals surface area contributed by atoms with E-state index in [9.17, 15) is 102 Å². The van der Waals surface area contributed by atoms with Gasteiger partial charge in [-0.3, -0.25) is 4.74 Å². The third-order valence-corrected chi connectivity index (χ3v) is 13.5. The van der Waals surface area contributed by atoms with E-state index in [2.05, 4.69) is 0 Å². The van der Waals surface area contributed by atoms with Crippen molar-refractivity contribution in [2.75, 3.05) is 46.2 Å². The first-order valence-corrected chi connectivity index (χ1v) is 22.7. The van der Waals surface area contributed by atoms with Crippen molar-refractivity contribution in [3.63, 3.8) is 0 Å². The molecule has 0 saturated carbocycles. The molecule has 21 fully saturated rings. The van der Waals surface area contributed by atoms with Crippen LogP contribution in [-0.2, 0) is 71.1 Å². The molecule has 21 aliphatic heterocycles. The van der Waals surface area contributed by atoms with Crippen molar-refractivity contribution >= 4 is 0 Å². The lowest BCUT2D eigenvalue weighted by Gasteiger charge is -2.50. The highest BCUT2D eigenvalue weighted by atomic mass is 16.9. The Kier molecular flexibility index (Phi) is 18.0. The van der Waals surface area contributed by atoms with Gasteiger partial charge in [0.1, 0.15) is 142 Å². The van der Waals surface area contributed by atoms with Gasteiger partial charge in [0.15, 0.2) is 37.7 Å². The van der Waals surface area contributed by atoms with E-state index in [-0.39, 0.29) is 0 Å². The normalized spacial score (nSPS) is 56.7. The first-order valence-electron chi connectivity index (χ1n) is 22.7. The Bertz CT molecular complexity index is 1790. The highest BCUT2D eigenvalue weighted by molar-refractivity contribution is 5.00. The second-order valence-electron chi connectivity index (χ2n) is 18.4. The highest BCUT2D eigenvalue weighted by Gasteiger charge is 2.61. The van der Waals surface area contributed by atoms with Crippen LogP contribution in [-0.4, -0.2) is 338 Å². The SMILES string of the molecule is OC[C@@H]1O[C@H]2OC3(O)CO[C@@H](O[C@]4(O)CO[C@@H](O[C@@H]5[C@H](O)[C@H](O)[C@@H](O[C@H]5CO)O[C@]5(O)CO[C@@H](O[C@@H]6[C@H](O)[C@H](O)[C@@H](O[C@@H]7[C@H](O)[C@H](O)C(O[C@@H]1[C@H](O)[C@@H]2O)O[C@H]7CO)O[C@H]6CO)O[C@H]5O)[C@@H](O)[C@H]4O)[C@@H](O)[C@H]3O. The van der Waals surface area contributed by atoms with Crippen LogP contribution in [0.25, 0.3) is 0 Å². The van der Waals surface area contributed by atoms with Crippen molar-refractivity contribution in [2.45, 2.75) is 190 Å². The molecule has 0 aliphatic carbocycles. The molecule has 0 aromatic carbocycles. The van der Waals surface area contributed by atoms with Gasteiger partial charge in [-0.2, -0.15) is 0 Å². The minimum absolute atomic E-state index is 1.02. The Labute approximate surface area is 409 Å². The van der Waals surface area contributed by atoms with Crippen LogP contribution < -0.4 is 0 Å². The van der Waals surface area contributed by atoms with Gasteiger partial charge in [-0.05, 0) is 0 Å². The van der Waals surface area contributed by atoms with Crippen LogP contribution in [0.15, 0.2) is 0 Å². The summed E-state index contributed by atoms with van der Waals surface area (Å²) in [5, 5.41) is 219. The molecule has 0 amide bonds. The zero-order valence-electron chi connectivity index (χ0n) is 37.7. The molecule has 21 aliphatic rings. The average Bonchev–Trinajstić information content (AvgIpc) is 3.36. The first kappa shape index (κ1) is 57.8. The summed E-state index contributed by atoms with van der Waals surface area (Å²) in [6.45, 7) is -9.82. The number of aliphatic hydroxyl groups is 20. The molecule has 20 N–H and O–H groups in total. The Hall–Kier alpha value is -1.40. The average molecular weight is 1080 g/mol. The lowest BCUT2D eigenvalue weighted by atomic mass is 9.95. The molecule has 0 radical (unpaired) electrons.